The molecular formula is C11H24O3Si. The first-order valence-electron chi connectivity index (χ1n) is 5.57. The quantitative estimate of drug-likeness (QED) is 0.364. The monoisotopic (exact) mass is 232 g/mol. The molecule has 0 spiro atoms. The number of hydrogen-bond donors (Lipinski definition) is 0. The van der Waals surface area contributed by atoms with Crippen LogP contribution in [0.5, 0.6) is 0 Å². The maximum absolute atomic E-state index is 11.3. The number of rotatable bonds is 8. The molecule has 0 amide bonds. The Balaban J connectivity index is 0. The van der Waals surface area contributed by atoms with Crippen molar-refractivity contribution in [2.24, 2.45) is 0 Å². The van der Waals surface area contributed by atoms with Crippen LogP contribution < -0.4 is 0 Å². The molecule has 0 aliphatic carbocycles. The maximum Gasteiger partial charge on any atom is 0.319 e. The minimum absolute atomic E-state index is 0. The smallest absolute Gasteiger partial charge is 0.319 e. The number of carbonyl (C=O) groups excluding carboxylic acids is 1. The van der Waals surface area contributed by atoms with Crippen molar-refractivity contribution >= 4 is 15.7 Å². The van der Waals surface area contributed by atoms with Gasteiger partial charge in [-0.05, 0) is 12.5 Å². The van der Waals surface area contributed by atoms with Crippen LogP contribution in [0, 0.1) is 0 Å². The first-order valence-corrected chi connectivity index (χ1v) is 7.15. The molecule has 2 N–H and O–H groups in total. The van der Waals surface area contributed by atoms with Crippen molar-refractivity contribution in [3.8, 4) is 0 Å². The Kier molecular flexibility index (Phi) is 12.8. The van der Waals surface area contributed by atoms with Crippen LogP contribution in [-0.4, -0.2) is 21.2 Å². The van der Waals surface area contributed by atoms with E-state index < -0.39 is 9.76 Å². The van der Waals surface area contributed by atoms with Crippen LogP contribution in [0.25, 0.3) is 0 Å². The highest BCUT2D eigenvalue weighted by Crippen LogP contribution is 2.05. The summed E-state index contributed by atoms with van der Waals surface area (Å²) in [5.74, 6) is -0.157. The second kappa shape index (κ2) is 11.5. The highest BCUT2D eigenvalue weighted by atomic mass is 28.2. The maximum atomic E-state index is 11.3. The fourth-order valence-electron chi connectivity index (χ4n) is 1.20. The Hall–Kier alpha value is -0.613. The molecule has 0 saturated heterocycles. The summed E-state index contributed by atoms with van der Waals surface area (Å²) in [7, 11) is -0.627. The minimum Gasteiger partial charge on any atom is -0.522 e. The lowest BCUT2D eigenvalue weighted by molar-refractivity contribution is -0.130. The van der Waals surface area contributed by atoms with Gasteiger partial charge >= 0.3 is 5.97 Å². The molecule has 0 radical (unpaired) electrons. The van der Waals surface area contributed by atoms with Gasteiger partial charge in [0.1, 0.15) is 0 Å². The summed E-state index contributed by atoms with van der Waals surface area (Å²) in [5.41, 5.74) is 0.635. The van der Waals surface area contributed by atoms with Gasteiger partial charge in [0.2, 0.25) is 9.76 Å². The minimum atomic E-state index is -0.627. The lowest BCUT2D eigenvalue weighted by atomic mass is 10.2. The highest BCUT2D eigenvalue weighted by Gasteiger charge is 2.06. The number of unbranched alkanes of at least 4 members (excludes halogenated alkanes) is 2. The van der Waals surface area contributed by atoms with Crippen LogP contribution >= 0.6 is 0 Å². The predicted molar refractivity (Wildman–Crippen MR) is 66.6 cm³/mol. The summed E-state index contributed by atoms with van der Waals surface area (Å²) in [6, 6.07) is 1.11. The van der Waals surface area contributed by atoms with Crippen molar-refractivity contribution in [2.75, 3.05) is 0 Å². The van der Waals surface area contributed by atoms with Gasteiger partial charge < -0.3 is 9.90 Å². The third-order valence-electron chi connectivity index (χ3n) is 2.07. The normalized spacial score (nSPS) is 10.0. The van der Waals surface area contributed by atoms with E-state index >= 15 is 0 Å². The van der Waals surface area contributed by atoms with Gasteiger partial charge in [0.15, 0.2) is 0 Å². The Labute approximate surface area is 95.2 Å². The van der Waals surface area contributed by atoms with E-state index in [-0.39, 0.29) is 11.4 Å². The van der Waals surface area contributed by atoms with Gasteiger partial charge in [-0.15, -0.1) is 0 Å². The molecule has 0 unspecified atom stereocenters. The highest BCUT2D eigenvalue weighted by molar-refractivity contribution is 6.31. The second-order valence-electron chi connectivity index (χ2n) is 3.55. The van der Waals surface area contributed by atoms with Crippen LogP contribution in [0.15, 0.2) is 12.2 Å². The van der Waals surface area contributed by atoms with E-state index in [0.29, 0.717) is 5.57 Å². The molecule has 0 atom stereocenters. The topological polar surface area (TPSA) is 57.8 Å². The lowest BCUT2D eigenvalue weighted by Crippen LogP contribution is -2.10. The Morgan fingerprint density at radius 3 is 2.47 bits per heavy atom. The average Bonchev–Trinajstić information content (AvgIpc) is 2.17. The Bertz CT molecular complexity index is 181. The average molecular weight is 232 g/mol. The van der Waals surface area contributed by atoms with Gasteiger partial charge in [-0.2, -0.15) is 0 Å². The lowest BCUT2D eigenvalue weighted by Gasteiger charge is -2.05. The van der Waals surface area contributed by atoms with Crippen molar-refractivity contribution in [2.45, 2.75) is 52.0 Å². The Morgan fingerprint density at radius 2 is 1.93 bits per heavy atom. The molecule has 0 heterocycles. The summed E-state index contributed by atoms with van der Waals surface area (Å²) in [6.45, 7) is 7.92. The summed E-state index contributed by atoms with van der Waals surface area (Å²) < 4.78 is 5.20. The molecule has 0 aromatic heterocycles. The van der Waals surface area contributed by atoms with E-state index in [2.05, 4.69) is 13.5 Å². The molecule has 90 valence electrons. The molecule has 0 fully saturated rings. The summed E-state index contributed by atoms with van der Waals surface area (Å²) in [6.07, 6.45) is 5.41. The molecule has 0 aliphatic heterocycles. The first-order chi connectivity index (χ1) is 6.72. The standard InChI is InChI=1S/C11H22O2Si.H2O/c1-4-6-7-9-14-13-11(12)10(3)8-5-2;/h3-9,14H2,1-2H3;1H2. The molecule has 3 nitrogen and oxygen atoms in total. The molecule has 0 saturated carbocycles. The van der Waals surface area contributed by atoms with E-state index in [9.17, 15) is 4.79 Å². The van der Waals surface area contributed by atoms with E-state index in [1.807, 2.05) is 6.92 Å². The third-order valence-corrected chi connectivity index (χ3v) is 3.33. The van der Waals surface area contributed by atoms with Crippen LogP contribution in [0.3, 0.4) is 0 Å². The molecular weight excluding hydrogens is 208 g/mol. The second-order valence-corrected chi connectivity index (χ2v) is 4.95. The van der Waals surface area contributed by atoms with Crippen molar-refractivity contribution in [3.05, 3.63) is 12.2 Å². The molecule has 0 rings (SSSR count). The van der Waals surface area contributed by atoms with Crippen molar-refractivity contribution in [1.82, 2.24) is 0 Å². The van der Waals surface area contributed by atoms with Gasteiger partial charge in [0.25, 0.3) is 0 Å². The van der Waals surface area contributed by atoms with Gasteiger partial charge in [0, 0.05) is 5.57 Å². The first kappa shape index (κ1) is 16.8. The van der Waals surface area contributed by atoms with Gasteiger partial charge in [0.05, 0.1) is 0 Å². The fraction of sp³-hybridized carbons (Fsp3) is 0.727. The SMILES string of the molecule is C=C(CCC)C(=O)O[SiH2]CCCCC.O. The van der Waals surface area contributed by atoms with E-state index in [1.54, 1.807) is 0 Å². The zero-order valence-electron chi connectivity index (χ0n) is 9.97. The van der Waals surface area contributed by atoms with Crippen molar-refractivity contribution in [1.29, 1.82) is 0 Å². The van der Waals surface area contributed by atoms with Crippen LogP contribution in [-0.2, 0) is 9.22 Å². The van der Waals surface area contributed by atoms with Gasteiger partial charge in [-0.1, -0.05) is 46.1 Å². The summed E-state index contributed by atoms with van der Waals surface area (Å²) >= 11 is 0. The van der Waals surface area contributed by atoms with E-state index in [1.165, 1.54) is 19.3 Å². The number of carbonyl (C=O) groups is 1. The fourth-order valence-corrected chi connectivity index (χ4v) is 2.29. The van der Waals surface area contributed by atoms with Gasteiger partial charge in [-0.3, -0.25) is 0 Å². The number of hydrogen-bond acceptors (Lipinski definition) is 2. The summed E-state index contributed by atoms with van der Waals surface area (Å²) in [5, 5.41) is 0. The largest absolute Gasteiger partial charge is 0.522 e. The molecule has 0 aliphatic rings. The summed E-state index contributed by atoms with van der Waals surface area (Å²) in [4.78, 5) is 11.3. The van der Waals surface area contributed by atoms with Crippen molar-refractivity contribution < 1.29 is 14.7 Å². The molecule has 0 aromatic rings. The van der Waals surface area contributed by atoms with Crippen LogP contribution in [0.2, 0.25) is 6.04 Å². The molecule has 0 aromatic carbocycles. The predicted octanol–water partition coefficient (Wildman–Crippen LogP) is 1.75. The molecule has 15 heavy (non-hydrogen) atoms. The van der Waals surface area contributed by atoms with Crippen LogP contribution in [0.4, 0.5) is 0 Å². The van der Waals surface area contributed by atoms with E-state index in [0.717, 1.165) is 18.9 Å². The van der Waals surface area contributed by atoms with E-state index in [4.69, 9.17) is 4.43 Å². The third kappa shape index (κ3) is 9.69. The molecule has 0 bridgehead atoms. The zero-order chi connectivity index (χ0) is 10.8. The van der Waals surface area contributed by atoms with Crippen LogP contribution in [0.1, 0.15) is 46.0 Å². The Morgan fingerprint density at radius 1 is 1.27 bits per heavy atom. The van der Waals surface area contributed by atoms with Gasteiger partial charge in [-0.25, -0.2) is 4.79 Å². The van der Waals surface area contributed by atoms with Crippen molar-refractivity contribution in [3.63, 3.8) is 0 Å². The zero-order valence-corrected chi connectivity index (χ0v) is 11.4. The molecule has 4 heteroatoms.